The largest absolute Gasteiger partial charge is 0.437 e. The van der Waals surface area contributed by atoms with Gasteiger partial charge in [-0.3, -0.25) is 9.69 Å². The van der Waals surface area contributed by atoms with Gasteiger partial charge in [-0.05, 0) is 19.5 Å². The Bertz CT molecular complexity index is 807. The number of carbonyl (C=O) groups is 1. The van der Waals surface area contributed by atoms with Crippen LogP contribution in [0.5, 0.6) is 0 Å². The van der Waals surface area contributed by atoms with Crippen LogP contribution in [0.4, 0.5) is 0 Å². The molecule has 3 heterocycles. The first-order valence-corrected chi connectivity index (χ1v) is 9.96. The molecule has 0 radical (unpaired) electrons. The van der Waals surface area contributed by atoms with Gasteiger partial charge in [0.05, 0.1) is 18.4 Å². The van der Waals surface area contributed by atoms with Gasteiger partial charge in [-0.2, -0.15) is 0 Å². The van der Waals surface area contributed by atoms with E-state index in [1.54, 1.807) is 0 Å². The van der Waals surface area contributed by atoms with Gasteiger partial charge in [-0.1, -0.05) is 30.3 Å². The molecule has 1 saturated heterocycles. The molecule has 7 heteroatoms. The van der Waals surface area contributed by atoms with Gasteiger partial charge in [0.25, 0.3) is 5.89 Å². The first kappa shape index (κ1) is 19.1. The minimum absolute atomic E-state index is 0.00880. The smallest absolute Gasteiger partial charge is 0.307 e. The van der Waals surface area contributed by atoms with Crippen LogP contribution in [0, 0.1) is 0 Å². The number of carbonyl (C=O) groups excluding carboxylic acids is 1. The van der Waals surface area contributed by atoms with E-state index in [1.165, 1.54) is 5.56 Å². The summed E-state index contributed by atoms with van der Waals surface area (Å²) in [7, 11) is 2.06. The number of nitrogens with zero attached hydrogens (tertiary/aromatic N) is 3. The number of fused-ring (bicyclic) bond motifs is 1. The summed E-state index contributed by atoms with van der Waals surface area (Å²) in [5.41, 5.74) is 2.15. The third kappa shape index (κ3) is 4.27. The lowest BCUT2D eigenvalue weighted by Gasteiger charge is -2.31. The summed E-state index contributed by atoms with van der Waals surface area (Å²) < 4.78 is 11.4. The molecule has 7 nitrogen and oxygen atoms in total. The lowest BCUT2D eigenvalue weighted by atomic mass is 10.0. The predicted molar refractivity (Wildman–Crippen MR) is 105 cm³/mol. The van der Waals surface area contributed by atoms with Crippen LogP contribution in [0.3, 0.4) is 0 Å². The number of hydrogen-bond acceptors (Lipinski definition) is 6. The highest BCUT2D eigenvalue weighted by atomic mass is 16.5. The topological polar surface area (TPSA) is 70.8 Å². The van der Waals surface area contributed by atoms with Crippen LogP contribution in [0.1, 0.15) is 40.7 Å². The van der Waals surface area contributed by atoms with E-state index in [1.807, 2.05) is 6.07 Å². The number of hydrogen-bond donors (Lipinski definition) is 1. The van der Waals surface area contributed by atoms with Crippen LogP contribution in [0.25, 0.3) is 0 Å². The number of ether oxygens (including phenoxy) is 1. The average molecular weight is 384 g/mol. The maximum Gasteiger partial charge on any atom is 0.307 e. The Labute approximate surface area is 165 Å². The van der Waals surface area contributed by atoms with Crippen LogP contribution in [0.15, 0.2) is 34.7 Å². The molecule has 1 fully saturated rings. The zero-order chi connectivity index (χ0) is 19.5. The number of morpholine rings is 1. The first-order chi connectivity index (χ1) is 13.6. The molecule has 1 aromatic heterocycles. The maximum absolute atomic E-state index is 12.5. The van der Waals surface area contributed by atoms with Crippen molar-refractivity contribution in [3.63, 3.8) is 0 Å². The second-order valence-electron chi connectivity index (χ2n) is 7.66. The molecule has 0 aliphatic carbocycles. The molecule has 2 aliphatic rings. The molecule has 4 rings (SSSR count). The normalized spacial score (nSPS) is 21.9. The summed E-state index contributed by atoms with van der Waals surface area (Å²) in [6.45, 7) is 6.69. The molecule has 2 aliphatic heterocycles. The van der Waals surface area contributed by atoms with Crippen LogP contribution in [-0.2, 0) is 17.7 Å². The van der Waals surface area contributed by atoms with E-state index in [9.17, 15) is 4.79 Å². The van der Waals surface area contributed by atoms with Crippen LogP contribution < -0.4 is 5.32 Å². The first-order valence-electron chi connectivity index (χ1n) is 9.96. The Balaban J connectivity index is 1.36. The van der Waals surface area contributed by atoms with Crippen molar-refractivity contribution in [2.24, 2.45) is 0 Å². The van der Waals surface area contributed by atoms with Gasteiger partial charge in [0.2, 0.25) is 0 Å². The maximum atomic E-state index is 12.5. The highest BCUT2D eigenvalue weighted by molar-refractivity contribution is 5.89. The Kier molecular flexibility index (Phi) is 5.75. The van der Waals surface area contributed by atoms with Crippen molar-refractivity contribution in [2.45, 2.75) is 32.0 Å². The lowest BCUT2D eigenvalue weighted by Crippen LogP contribution is -2.46. The van der Waals surface area contributed by atoms with E-state index < -0.39 is 0 Å². The zero-order valence-corrected chi connectivity index (χ0v) is 16.6. The molecule has 0 bridgehead atoms. The quantitative estimate of drug-likeness (QED) is 0.848. The summed E-state index contributed by atoms with van der Waals surface area (Å²) in [6, 6.07) is 10.7. The van der Waals surface area contributed by atoms with Crippen molar-refractivity contribution in [2.75, 3.05) is 39.8 Å². The van der Waals surface area contributed by atoms with Crippen LogP contribution >= 0.6 is 0 Å². The molecule has 1 N–H and O–H groups in total. The fourth-order valence-electron chi connectivity index (χ4n) is 3.86. The standard InChI is InChI=1S/C21H28N4O3/c1-15(16-6-4-3-5-7-16)25-9-8-19-18(14-25)23-21(28-19)20(26)22-12-17-13-24(2)10-11-27-17/h3-7,15,17H,8-14H2,1-2H3,(H,22,26)/t15-,17-/m1/s1. The third-order valence-corrected chi connectivity index (χ3v) is 5.61. The minimum Gasteiger partial charge on any atom is -0.437 e. The van der Waals surface area contributed by atoms with Gasteiger partial charge < -0.3 is 19.4 Å². The van der Waals surface area contributed by atoms with Gasteiger partial charge in [0.15, 0.2) is 0 Å². The highest BCUT2D eigenvalue weighted by Gasteiger charge is 2.28. The molecule has 28 heavy (non-hydrogen) atoms. The summed E-state index contributed by atoms with van der Waals surface area (Å²) in [5, 5.41) is 2.90. The molecule has 1 aromatic carbocycles. The van der Waals surface area contributed by atoms with E-state index >= 15 is 0 Å². The fourth-order valence-corrected chi connectivity index (χ4v) is 3.86. The van der Waals surface area contributed by atoms with Crippen molar-refractivity contribution in [1.82, 2.24) is 20.1 Å². The SMILES string of the molecule is C[C@H](c1ccccc1)N1CCc2oc(C(=O)NC[C@@H]3CN(C)CCO3)nc2C1. The van der Waals surface area contributed by atoms with Gasteiger partial charge in [-0.25, -0.2) is 4.98 Å². The van der Waals surface area contributed by atoms with E-state index in [4.69, 9.17) is 9.15 Å². The molecule has 0 saturated carbocycles. The van der Waals surface area contributed by atoms with E-state index in [2.05, 4.69) is 58.3 Å². The van der Waals surface area contributed by atoms with Gasteiger partial charge >= 0.3 is 5.91 Å². The summed E-state index contributed by atoms with van der Waals surface area (Å²) in [5.74, 6) is 0.715. The molecule has 1 amide bonds. The molecular formula is C21H28N4O3. The van der Waals surface area contributed by atoms with Crippen molar-refractivity contribution < 1.29 is 13.9 Å². The Morgan fingerprint density at radius 1 is 1.32 bits per heavy atom. The van der Waals surface area contributed by atoms with Crippen molar-refractivity contribution in [3.8, 4) is 0 Å². The van der Waals surface area contributed by atoms with Crippen molar-refractivity contribution in [3.05, 3.63) is 53.2 Å². The zero-order valence-electron chi connectivity index (χ0n) is 16.6. The van der Waals surface area contributed by atoms with E-state index in [-0.39, 0.29) is 17.9 Å². The van der Waals surface area contributed by atoms with Crippen molar-refractivity contribution in [1.29, 1.82) is 0 Å². The third-order valence-electron chi connectivity index (χ3n) is 5.61. The highest BCUT2D eigenvalue weighted by Crippen LogP contribution is 2.27. The molecule has 0 unspecified atom stereocenters. The number of oxazole rings is 1. The second-order valence-corrected chi connectivity index (χ2v) is 7.66. The minimum atomic E-state index is -0.270. The Hall–Kier alpha value is -2.22. The number of likely N-dealkylation sites (N-methyl/N-ethyl adjacent to an activating group) is 1. The molecular weight excluding hydrogens is 356 g/mol. The molecule has 2 aromatic rings. The van der Waals surface area contributed by atoms with E-state index in [0.717, 1.165) is 37.5 Å². The summed E-state index contributed by atoms with van der Waals surface area (Å²) in [6.07, 6.45) is 0.776. The second kappa shape index (κ2) is 8.43. The van der Waals surface area contributed by atoms with Crippen LogP contribution in [0.2, 0.25) is 0 Å². The Morgan fingerprint density at radius 3 is 2.93 bits per heavy atom. The van der Waals surface area contributed by atoms with Gasteiger partial charge in [0, 0.05) is 45.2 Å². The predicted octanol–water partition coefficient (Wildman–Crippen LogP) is 1.85. The summed E-state index contributed by atoms with van der Waals surface area (Å²) >= 11 is 0. The number of nitrogens with one attached hydrogen (secondary N) is 1. The number of benzene rings is 1. The van der Waals surface area contributed by atoms with E-state index in [0.29, 0.717) is 25.7 Å². The summed E-state index contributed by atoms with van der Waals surface area (Å²) in [4.78, 5) is 21.5. The number of rotatable bonds is 5. The monoisotopic (exact) mass is 384 g/mol. The van der Waals surface area contributed by atoms with Gasteiger partial charge in [-0.15, -0.1) is 0 Å². The fraction of sp³-hybridized carbons (Fsp3) is 0.524. The number of aromatic nitrogens is 1. The molecule has 150 valence electrons. The van der Waals surface area contributed by atoms with Gasteiger partial charge in [0.1, 0.15) is 5.76 Å². The van der Waals surface area contributed by atoms with Crippen LogP contribution in [-0.4, -0.2) is 66.6 Å². The molecule has 0 spiro atoms. The Morgan fingerprint density at radius 2 is 2.14 bits per heavy atom. The number of amides is 1. The van der Waals surface area contributed by atoms with Crippen molar-refractivity contribution >= 4 is 5.91 Å². The lowest BCUT2D eigenvalue weighted by molar-refractivity contribution is -0.0176. The average Bonchev–Trinajstić information content (AvgIpc) is 3.15. The molecule has 2 atom stereocenters.